The molecule has 1 aromatic heterocycles. The monoisotopic (exact) mass is 606 g/mol. The molecule has 42 heavy (non-hydrogen) atoms. The van der Waals surface area contributed by atoms with Gasteiger partial charge in [0, 0.05) is 38.3 Å². The summed E-state index contributed by atoms with van der Waals surface area (Å²) in [6.45, 7) is 1.80. The zero-order valence-corrected chi connectivity index (χ0v) is 24.5. The van der Waals surface area contributed by atoms with E-state index in [4.69, 9.17) is 4.74 Å². The average molecular weight is 607 g/mol. The third-order valence-corrected chi connectivity index (χ3v) is 8.36. The third-order valence-electron chi connectivity index (χ3n) is 8.36. The van der Waals surface area contributed by atoms with Gasteiger partial charge >= 0.3 is 6.18 Å². The van der Waals surface area contributed by atoms with Crippen LogP contribution < -0.4 is 5.32 Å². The summed E-state index contributed by atoms with van der Waals surface area (Å²) in [5.74, 6) is -0.218. The molecule has 5 rings (SSSR count). The first-order chi connectivity index (χ1) is 19.7. The Morgan fingerprint density at radius 2 is 1.95 bits per heavy atom. The fourth-order valence-corrected chi connectivity index (χ4v) is 6.31. The van der Waals surface area contributed by atoms with Crippen molar-refractivity contribution in [3.63, 3.8) is 0 Å². The van der Waals surface area contributed by atoms with Crippen LogP contribution in [0.3, 0.4) is 0 Å². The van der Waals surface area contributed by atoms with E-state index >= 15 is 0 Å². The van der Waals surface area contributed by atoms with E-state index in [2.05, 4.69) is 10.3 Å². The lowest BCUT2D eigenvalue weighted by Crippen LogP contribution is -2.54. The molecule has 1 aliphatic carbocycles. The quantitative estimate of drug-likeness (QED) is 0.353. The van der Waals surface area contributed by atoms with Crippen molar-refractivity contribution in [2.45, 2.75) is 62.4 Å². The van der Waals surface area contributed by atoms with Gasteiger partial charge in [-0.3, -0.25) is 4.79 Å². The first kappa shape index (κ1) is 32.0. The van der Waals surface area contributed by atoms with Crippen molar-refractivity contribution >= 4 is 18.3 Å². The molecule has 0 unspecified atom stereocenters. The van der Waals surface area contributed by atoms with Gasteiger partial charge < -0.3 is 24.6 Å². The number of imidazole rings is 1. The van der Waals surface area contributed by atoms with Crippen LogP contribution in [-0.2, 0) is 17.3 Å². The molecule has 0 bridgehead atoms. The number of amides is 1. The highest BCUT2D eigenvalue weighted by Gasteiger charge is 2.42. The van der Waals surface area contributed by atoms with Gasteiger partial charge in [0.2, 0.25) is 0 Å². The second-order valence-electron chi connectivity index (χ2n) is 11.1. The van der Waals surface area contributed by atoms with Gasteiger partial charge in [0.15, 0.2) is 5.69 Å². The number of nitrogens with zero attached hydrogens (tertiary/aromatic N) is 3. The lowest BCUT2D eigenvalue weighted by atomic mass is 9.80. The van der Waals surface area contributed by atoms with E-state index in [0.29, 0.717) is 55.8 Å². The van der Waals surface area contributed by atoms with Crippen molar-refractivity contribution in [2.75, 3.05) is 33.4 Å². The molecule has 1 aliphatic heterocycles. The number of ether oxygens (including phenoxy) is 1. The van der Waals surface area contributed by atoms with Gasteiger partial charge in [-0.25, -0.2) is 4.98 Å². The molecular weight excluding hydrogens is 569 g/mol. The third kappa shape index (κ3) is 6.83. The molecule has 7 nitrogen and oxygen atoms in total. The standard InChI is InChI=1S/C31H37F3N4O3.ClH/c1-41-20-30(40)15-6-5-12-26(30)38-21-36-27(28(38)23-9-3-2-4-10-23)29(39)37-17-16-35-19-25(37)14-13-22-8-7-11-24(18-22)31(32,33)34;/h2-4,7-11,18,21,25-26,35,40H,5-6,12-17,19-20H2,1H3;1H/t25-,26-,30-;/m1./s1. The maximum Gasteiger partial charge on any atom is 0.416 e. The van der Waals surface area contributed by atoms with E-state index in [9.17, 15) is 23.1 Å². The molecular formula is C31H38ClF3N4O3. The number of hydrogen-bond acceptors (Lipinski definition) is 5. The fraction of sp³-hybridized carbons (Fsp3) is 0.484. The van der Waals surface area contributed by atoms with E-state index in [0.717, 1.165) is 30.9 Å². The minimum atomic E-state index is -4.40. The number of piperazine rings is 1. The van der Waals surface area contributed by atoms with Crippen molar-refractivity contribution in [3.8, 4) is 11.3 Å². The van der Waals surface area contributed by atoms with Gasteiger partial charge in [0.25, 0.3) is 5.91 Å². The summed E-state index contributed by atoms with van der Waals surface area (Å²) >= 11 is 0. The maximum atomic E-state index is 14.2. The van der Waals surface area contributed by atoms with Crippen LogP contribution in [0.5, 0.6) is 0 Å². The molecule has 3 aromatic rings. The van der Waals surface area contributed by atoms with E-state index in [1.54, 1.807) is 24.4 Å². The van der Waals surface area contributed by atoms with Crippen LogP contribution in [0.4, 0.5) is 13.2 Å². The molecule has 2 aliphatic rings. The van der Waals surface area contributed by atoms with E-state index < -0.39 is 17.3 Å². The number of aromatic nitrogens is 2. The highest BCUT2D eigenvalue weighted by Crippen LogP contribution is 2.41. The largest absolute Gasteiger partial charge is 0.416 e. The Labute approximate surface area is 250 Å². The number of halogens is 4. The molecule has 0 radical (unpaired) electrons. The maximum absolute atomic E-state index is 14.2. The summed E-state index contributed by atoms with van der Waals surface area (Å²) in [6.07, 6.45) is 1.35. The molecule has 2 heterocycles. The number of aliphatic hydroxyl groups is 1. The highest BCUT2D eigenvalue weighted by molar-refractivity contribution is 5.98. The zero-order chi connectivity index (χ0) is 29.0. The van der Waals surface area contributed by atoms with Crippen LogP contribution >= 0.6 is 12.4 Å². The minimum Gasteiger partial charge on any atom is -0.385 e. The average Bonchev–Trinajstić information content (AvgIpc) is 3.41. The molecule has 2 aromatic carbocycles. The van der Waals surface area contributed by atoms with Crippen LogP contribution in [-0.4, -0.2) is 70.5 Å². The molecule has 3 atom stereocenters. The molecule has 0 spiro atoms. The summed E-state index contributed by atoms with van der Waals surface area (Å²) in [5.41, 5.74) is 0.634. The van der Waals surface area contributed by atoms with Gasteiger partial charge in [-0.1, -0.05) is 61.4 Å². The van der Waals surface area contributed by atoms with Crippen molar-refractivity contribution in [1.82, 2.24) is 19.8 Å². The summed E-state index contributed by atoms with van der Waals surface area (Å²) < 4.78 is 47.0. The van der Waals surface area contributed by atoms with Gasteiger partial charge in [-0.05, 0) is 37.3 Å². The summed E-state index contributed by atoms with van der Waals surface area (Å²) in [6, 6.07) is 14.5. The number of nitrogens with one attached hydrogen (secondary N) is 1. The number of carbonyl (C=O) groups is 1. The van der Waals surface area contributed by atoms with Crippen LogP contribution in [0.2, 0.25) is 0 Å². The molecule has 2 N–H and O–H groups in total. The summed E-state index contributed by atoms with van der Waals surface area (Å²) in [5, 5.41) is 14.9. The Kier molecular flexibility index (Phi) is 10.4. The van der Waals surface area contributed by atoms with Crippen molar-refractivity contribution in [3.05, 3.63) is 77.7 Å². The van der Waals surface area contributed by atoms with Gasteiger partial charge in [-0.15, -0.1) is 12.4 Å². The predicted molar refractivity (Wildman–Crippen MR) is 157 cm³/mol. The fourth-order valence-electron chi connectivity index (χ4n) is 6.31. The molecule has 11 heteroatoms. The van der Waals surface area contributed by atoms with Crippen LogP contribution in [0.1, 0.15) is 59.8 Å². The lowest BCUT2D eigenvalue weighted by molar-refractivity contribution is -0.137. The van der Waals surface area contributed by atoms with Crippen LogP contribution in [0.25, 0.3) is 11.3 Å². The first-order valence-corrected chi connectivity index (χ1v) is 14.2. The Balaban J connectivity index is 0.00000405. The number of alkyl halides is 3. The normalized spacial score (nSPS) is 22.9. The predicted octanol–water partition coefficient (Wildman–Crippen LogP) is 5.53. The minimum absolute atomic E-state index is 0. The number of aryl methyl sites for hydroxylation is 1. The highest BCUT2D eigenvalue weighted by atomic mass is 35.5. The Morgan fingerprint density at radius 1 is 1.17 bits per heavy atom. The molecule has 228 valence electrons. The zero-order valence-electron chi connectivity index (χ0n) is 23.6. The van der Waals surface area contributed by atoms with Crippen molar-refractivity contribution in [1.29, 1.82) is 0 Å². The number of benzene rings is 2. The molecule has 1 saturated heterocycles. The van der Waals surface area contributed by atoms with Crippen LogP contribution in [0, 0.1) is 0 Å². The van der Waals surface area contributed by atoms with E-state index in [1.165, 1.54) is 12.1 Å². The number of methoxy groups -OCH3 is 1. The lowest BCUT2D eigenvalue weighted by Gasteiger charge is -2.41. The number of rotatable bonds is 8. The first-order valence-electron chi connectivity index (χ1n) is 14.2. The Morgan fingerprint density at radius 3 is 2.69 bits per heavy atom. The second-order valence-corrected chi connectivity index (χ2v) is 11.1. The Hall–Kier alpha value is -2.92. The number of carbonyl (C=O) groups excluding carboxylic acids is 1. The van der Waals surface area contributed by atoms with Crippen molar-refractivity contribution < 1.29 is 27.8 Å². The molecule has 2 fully saturated rings. The van der Waals surface area contributed by atoms with Crippen LogP contribution in [0.15, 0.2) is 60.9 Å². The van der Waals surface area contributed by atoms with E-state index in [1.807, 2.05) is 34.9 Å². The number of hydrogen-bond donors (Lipinski definition) is 2. The smallest absolute Gasteiger partial charge is 0.385 e. The topological polar surface area (TPSA) is 79.6 Å². The SMILES string of the molecule is COC[C@]1(O)CCCC[C@H]1n1cnc(C(=O)N2CCNC[C@H]2CCc2cccc(C(F)(F)F)c2)c1-c1ccccc1.Cl. The van der Waals surface area contributed by atoms with Gasteiger partial charge in [-0.2, -0.15) is 13.2 Å². The summed E-state index contributed by atoms with van der Waals surface area (Å²) in [7, 11) is 1.58. The Bertz CT molecular complexity index is 1330. The van der Waals surface area contributed by atoms with Crippen molar-refractivity contribution in [2.24, 2.45) is 0 Å². The molecule has 1 saturated carbocycles. The van der Waals surface area contributed by atoms with Gasteiger partial charge in [0.1, 0.15) is 5.60 Å². The second kappa shape index (κ2) is 13.6. The van der Waals surface area contributed by atoms with E-state index in [-0.39, 0.29) is 37.0 Å². The molecule has 1 amide bonds. The van der Waals surface area contributed by atoms with Gasteiger partial charge in [0.05, 0.1) is 30.2 Å². The summed E-state index contributed by atoms with van der Waals surface area (Å²) in [4.78, 5) is 20.6.